The number of carbonyl (C=O) groups excluding carboxylic acids is 1. The molecule has 0 aliphatic rings. The molecule has 0 saturated carbocycles. The lowest BCUT2D eigenvalue weighted by Gasteiger charge is -2.15. The number of rotatable bonds is 9. The molecular weight excluding hydrogens is 509 g/mol. The summed E-state index contributed by atoms with van der Waals surface area (Å²) in [5, 5.41) is 9.83. The smallest absolute Gasteiger partial charge is 0.417 e. The lowest BCUT2D eigenvalue weighted by molar-refractivity contribution is -0.138. The van der Waals surface area contributed by atoms with Gasteiger partial charge in [0.25, 0.3) is 0 Å². The van der Waals surface area contributed by atoms with E-state index >= 15 is 0 Å². The van der Waals surface area contributed by atoms with E-state index < -0.39 is 17.3 Å². The second-order valence-corrected chi connectivity index (χ2v) is 9.98. The monoisotopic (exact) mass is 532 g/mol. The van der Waals surface area contributed by atoms with Gasteiger partial charge in [-0.3, -0.25) is 4.79 Å². The van der Waals surface area contributed by atoms with Gasteiger partial charge >= 0.3 is 6.18 Å². The van der Waals surface area contributed by atoms with Crippen molar-refractivity contribution in [3.63, 3.8) is 0 Å². The Morgan fingerprint density at radius 3 is 2.44 bits per heavy atom. The van der Waals surface area contributed by atoms with Gasteiger partial charge in [-0.25, -0.2) is 4.98 Å². The quantitative estimate of drug-likeness (QED) is 0.206. The number of thioether (sulfide) groups is 1. The van der Waals surface area contributed by atoms with Crippen molar-refractivity contribution in [2.45, 2.75) is 38.4 Å². The molecule has 0 aliphatic carbocycles. The number of benzene rings is 2. The van der Waals surface area contributed by atoms with Crippen molar-refractivity contribution in [2.75, 3.05) is 12.4 Å². The highest BCUT2D eigenvalue weighted by molar-refractivity contribution is 8.00. The van der Waals surface area contributed by atoms with Gasteiger partial charge in [-0.05, 0) is 73.4 Å². The molecule has 188 valence electrons. The first-order valence-electron chi connectivity index (χ1n) is 11.2. The molecule has 0 saturated heterocycles. The first-order chi connectivity index (χ1) is 17.0. The molecule has 2 aromatic carbocycles. The molecule has 0 radical (unpaired) electrons. The molecule has 0 fully saturated rings. The normalized spacial score (nSPS) is 11.4. The average Bonchev–Trinajstić information content (AvgIpc) is 2.82. The number of aromatic nitrogens is 1. The fourth-order valence-electron chi connectivity index (χ4n) is 3.33. The molecule has 0 bridgehead atoms. The molecule has 9 heteroatoms. The third-order valence-corrected chi connectivity index (χ3v) is 6.56. The van der Waals surface area contributed by atoms with E-state index in [1.165, 1.54) is 12.1 Å². The van der Waals surface area contributed by atoms with E-state index in [9.17, 15) is 23.2 Å². The van der Waals surface area contributed by atoms with Crippen molar-refractivity contribution in [1.82, 2.24) is 4.98 Å². The lowest BCUT2D eigenvalue weighted by Crippen LogP contribution is -2.11. The van der Waals surface area contributed by atoms with Crippen LogP contribution in [0.3, 0.4) is 0 Å². The number of ether oxygens (including phenoxy) is 1. The largest absolute Gasteiger partial charge is 0.493 e. The van der Waals surface area contributed by atoms with Crippen LogP contribution < -0.4 is 4.74 Å². The van der Waals surface area contributed by atoms with Gasteiger partial charge in [-0.15, -0.1) is 0 Å². The van der Waals surface area contributed by atoms with Gasteiger partial charge in [-0.2, -0.15) is 18.4 Å². The summed E-state index contributed by atoms with van der Waals surface area (Å²) < 4.78 is 47.4. The summed E-state index contributed by atoms with van der Waals surface area (Å²) >= 11 is 6.64. The summed E-state index contributed by atoms with van der Waals surface area (Å²) in [5.41, 5.74) is -0.0783. The van der Waals surface area contributed by atoms with Crippen molar-refractivity contribution in [3.8, 4) is 23.1 Å². The fourth-order valence-corrected chi connectivity index (χ4v) is 4.36. The number of nitriles is 1. The van der Waals surface area contributed by atoms with E-state index in [4.69, 9.17) is 16.3 Å². The summed E-state index contributed by atoms with van der Waals surface area (Å²) in [6.45, 7) is 6.52. The number of aryl methyl sites for hydroxylation is 1. The van der Waals surface area contributed by atoms with Gasteiger partial charge in [0.1, 0.15) is 16.8 Å². The molecule has 0 atom stereocenters. The van der Waals surface area contributed by atoms with Crippen LogP contribution in [0, 0.1) is 24.2 Å². The molecule has 0 N–H and O–H groups in total. The Balaban J connectivity index is 1.95. The highest BCUT2D eigenvalue weighted by Gasteiger charge is 2.36. The average molecular weight is 533 g/mol. The van der Waals surface area contributed by atoms with E-state index in [1.807, 2.05) is 6.92 Å². The summed E-state index contributed by atoms with van der Waals surface area (Å²) in [6, 6.07) is 13.7. The SMILES string of the molecule is Cc1cc(-c2cc(C(F)(F)F)c(C#N)c(SCC(=O)c3ccc(Cl)cc3)n2)ccc1OCCC(C)C. The maximum atomic E-state index is 13.9. The number of hydrogen-bond acceptors (Lipinski definition) is 5. The zero-order valence-electron chi connectivity index (χ0n) is 19.9. The molecule has 3 rings (SSSR count). The number of pyridine rings is 1. The first kappa shape index (κ1) is 27.6. The number of carbonyl (C=O) groups is 1. The summed E-state index contributed by atoms with van der Waals surface area (Å²) in [4.78, 5) is 16.9. The Morgan fingerprint density at radius 1 is 1.17 bits per heavy atom. The molecule has 0 spiro atoms. The van der Waals surface area contributed by atoms with Gasteiger partial charge in [0.05, 0.1) is 29.2 Å². The number of Topliss-reactive ketones (excluding diaryl/α,β-unsaturated/α-hetero) is 1. The second kappa shape index (κ2) is 11.8. The minimum Gasteiger partial charge on any atom is -0.493 e. The van der Waals surface area contributed by atoms with E-state index in [-0.39, 0.29) is 22.3 Å². The standard InChI is InChI=1S/C27H24ClF3N2O2S/c1-16(2)10-11-35-25-9-6-19(12-17(25)3)23-13-22(27(29,30)31)21(14-32)26(33-23)36-15-24(34)18-4-7-20(28)8-5-18/h4-9,12-13,16H,10-11,15H2,1-3H3. The maximum Gasteiger partial charge on any atom is 0.417 e. The van der Waals surface area contributed by atoms with Crippen LogP contribution in [0.25, 0.3) is 11.3 Å². The second-order valence-electron chi connectivity index (χ2n) is 8.57. The minimum absolute atomic E-state index is 0.0552. The predicted molar refractivity (Wildman–Crippen MR) is 136 cm³/mol. The Bertz CT molecular complexity index is 1290. The van der Waals surface area contributed by atoms with Crippen molar-refractivity contribution in [2.24, 2.45) is 5.92 Å². The number of hydrogen-bond donors (Lipinski definition) is 0. The van der Waals surface area contributed by atoms with Crippen molar-refractivity contribution in [3.05, 3.63) is 75.8 Å². The zero-order valence-corrected chi connectivity index (χ0v) is 21.5. The van der Waals surface area contributed by atoms with E-state index in [1.54, 1.807) is 36.4 Å². The van der Waals surface area contributed by atoms with Crippen LogP contribution in [0.2, 0.25) is 5.02 Å². The predicted octanol–water partition coefficient (Wildman–Crippen LogP) is 8.00. The maximum absolute atomic E-state index is 13.9. The molecule has 3 aromatic rings. The molecule has 0 unspecified atom stereocenters. The van der Waals surface area contributed by atoms with Crippen LogP contribution in [-0.2, 0) is 6.18 Å². The Morgan fingerprint density at radius 2 is 1.86 bits per heavy atom. The highest BCUT2D eigenvalue weighted by atomic mass is 35.5. The van der Waals surface area contributed by atoms with Gasteiger partial charge < -0.3 is 4.74 Å². The molecule has 36 heavy (non-hydrogen) atoms. The number of nitrogens with zero attached hydrogens (tertiary/aromatic N) is 2. The highest BCUT2D eigenvalue weighted by Crippen LogP contribution is 2.38. The van der Waals surface area contributed by atoms with E-state index in [0.29, 0.717) is 34.4 Å². The van der Waals surface area contributed by atoms with Crippen molar-refractivity contribution < 1.29 is 22.7 Å². The van der Waals surface area contributed by atoms with Gasteiger partial charge in [-0.1, -0.05) is 37.2 Å². The van der Waals surface area contributed by atoms with Gasteiger partial charge in [0.15, 0.2) is 5.78 Å². The van der Waals surface area contributed by atoms with Crippen LogP contribution >= 0.6 is 23.4 Å². The summed E-state index contributed by atoms with van der Waals surface area (Å²) in [6.07, 6.45) is -3.89. The molecule has 4 nitrogen and oxygen atoms in total. The third kappa shape index (κ3) is 7.02. The third-order valence-electron chi connectivity index (χ3n) is 5.33. The number of ketones is 1. The topological polar surface area (TPSA) is 63.0 Å². The summed E-state index contributed by atoms with van der Waals surface area (Å²) in [5.74, 6) is 0.620. The molecule has 1 heterocycles. The molecule has 0 amide bonds. The molecule has 1 aromatic heterocycles. The minimum atomic E-state index is -4.77. The van der Waals surface area contributed by atoms with Crippen LogP contribution in [-0.4, -0.2) is 23.1 Å². The van der Waals surface area contributed by atoms with Crippen molar-refractivity contribution in [1.29, 1.82) is 5.26 Å². The summed E-state index contributed by atoms with van der Waals surface area (Å²) in [7, 11) is 0. The first-order valence-corrected chi connectivity index (χ1v) is 12.5. The van der Waals surface area contributed by atoms with Crippen LogP contribution in [0.4, 0.5) is 13.2 Å². The Hall–Kier alpha value is -3.02. The zero-order chi connectivity index (χ0) is 26.5. The Labute approximate surface area is 217 Å². The Kier molecular flexibility index (Phi) is 9.04. The lowest BCUT2D eigenvalue weighted by atomic mass is 10.0. The van der Waals surface area contributed by atoms with Gasteiger partial charge in [0, 0.05) is 16.1 Å². The van der Waals surface area contributed by atoms with E-state index in [0.717, 1.165) is 29.8 Å². The van der Waals surface area contributed by atoms with Crippen LogP contribution in [0.15, 0.2) is 53.6 Å². The van der Waals surface area contributed by atoms with Crippen molar-refractivity contribution >= 4 is 29.1 Å². The van der Waals surface area contributed by atoms with Crippen LogP contribution in [0.5, 0.6) is 5.75 Å². The fraction of sp³-hybridized carbons (Fsp3) is 0.296. The molecular formula is C27H24ClF3N2O2S. The van der Waals surface area contributed by atoms with Crippen LogP contribution in [0.1, 0.15) is 47.3 Å². The number of alkyl halides is 3. The number of halogens is 4. The van der Waals surface area contributed by atoms with Gasteiger partial charge in [0.2, 0.25) is 0 Å². The van der Waals surface area contributed by atoms with E-state index in [2.05, 4.69) is 18.8 Å². The molecule has 0 aliphatic heterocycles.